The predicted molar refractivity (Wildman–Crippen MR) is 164 cm³/mol. The van der Waals surface area contributed by atoms with E-state index < -0.39 is 0 Å². The molecule has 39 heavy (non-hydrogen) atoms. The van der Waals surface area contributed by atoms with Crippen molar-refractivity contribution in [2.24, 2.45) is 0 Å². The Bertz CT molecular complexity index is 1170. The molecule has 0 radical (unpaired) electrons. The zero-order valence-corrected chi connectivity index (χ0v) is 24.5. The molecule has 4 rings (SSSR count). The van der Waals surface area contributed by atoms with Crippen LogP contribution in [0.15, 0.2) is 42.5 Å². The lowest BCUT2D eigenvalue weighted by Crippen LogP contribution is -2.39. The van der Waals surface area contributed by atoms with Crippen LogP contribution in [0, 0.1) is 0 Å². The van der Waals surface area contributed by atoms with Crippen molar-refractivity contribution >= 4 is 28.4 Å². The number of hydrogen-bond donors (Lipinski definition) is 2. The highest BCUT2D eigenvalue weighted by Crippen LogP contribution is 2.31. The summed E-state index contributed by atoms with van der Waals surface area (Å²) in [5, 5.41) is 8.33. The molecule has 0 amide bonds. The Morgan fingerprint density at radius 1 is 0.974 bits per heavy atom. The van der Waals surface area contributed by atoms with Gasteiger partial charge in [-0.05, 0) is 69.6 Å². The van der Waals surface area contributed by atoms with Crippen molar-refractivity contribution in [2.75, 3.05) is 76.0 Å². The minimum absolute atomic E-state index is 0.382. The number of nitrogens with one attached hydrogen (secondary N) is 2. The third kappa shape index (κ3) is 7.73. The number of benzene rings is 2. The van der Waals surface area contributed by atoms with Gasteiger partial charge in [-0.15, -0.1) is 0 Å². The van der Waals surface area contributed by atoms with E-state index in [1.54, 1.807) is 7.11 Å². The second kappa shape index (κ2) is 14.3. The average molecular weight is 534 g/mol. The second-order valence-corrected chi connectivity index (χ2v) is 10.6. The lowest BCUT2D eigenvalue weighted by atomic mass is 10.0. The van der Waals surface area contributed by atoms with Gasteiger partial charge >= 0.3 is 0 Å². The molecule has 8 nitrogen and oxygen atoms in total. The number of piperidine rings is 1. The standard InChI is InChI=1S/C31H47N7O/c1-6-37(7-2)20-11-10-19-32-31-34-27-14-9-8-13-25(27)30(35-31)33-24-17-21-38(22-18-24)23-26-28(36(3)4)15-12-16-29(26)39-5/h8-9,12-16,24H,6-7,10-11,17-23H2,1-5H3,(H2,32,33,34,35). The molecule has 8 heteroatoms. The van der Waals surface area contributed by atoms with Crippen LogP contribution in [0.5, 0.6) is 5.75 Å². The minimum Gasteiger partial charge on any atom is -0.496 e. The molecule has 1 fully saturated rings. The maximum atomic E-state index is 5.70. The van der Waals surface area contributed by atoms with E-state index in [-0.39, 0.29) is 0 Å². The van der Waals surface area contributed by atoms with Gasteiger partial charge in [0.1, 0.15) is 11.6 Å². The summed E-state index contributed by atoms with van der Waals surface area (Å²) in [6, 6.07) is 15.0. The van der Waals surface area contributed by atoms with Gasteiger partial charge in [-0.2, -0.15) is 4.98 Å². The quantitative estimate of drug-likeness (QED) is 0.270. The Morgan fingerprint density at radius 2 is 1.74 bits per heavy atom. The van der Waals surface area contributed by atoms with E-state index in [2.05, 4.69) is 89.7 Å². The first-order valence-electron chi connectivity index (χ1n) is 14.6. The van der Waals surface area contributed by atoms with Gasteiger partial charge in [0.15, 0.2) is 0 Å². The van der Waals surface area contributed by atoms with Gasteiger partial charge in [0.25, 0.3) is 0 Å². The molecule has 1 aliphatic rings. The van der Waals surface area contributed by atoms with Crippen LogP contribution >= 0.6 is 0 Å². The summed E-state index contributed by atoms with van der Waals surface area (Å²) >= 11 is 0. The van der Waals surface area contributed by atoms with Gasteiger partial charge in [-0.1, -0.05) is 32.0 Å². The van der Waals surface area contributed by atoms with Crippen molar-refractivity contribution in [1.29, 1.82) is 0 Å². The average Bonchev–Trinajstić information content (AvgIpc) is 2.96. The topological polar surface area (TPSA) is 68.8 Å². The van der Waals surface area contributed by atoms with Crippen molar-refractivity contribution in [3.63, 3.8) is 0 Å². The molecular weight excluding hydrogens is 486 g/mol. The number of nitrogens with zero attached hydrogens (tertiary/aromatic N) is 5. The number of unbranched alkanes of at least 4 members (excludes halogenated alkanes) is 1. The number of aromatic nitrogens is 2. The van der Waals surface area contributed by atoms with E-state index >= 15 is 0 Å². The fourth-order valence-corrected chi connectivity index (χ4v) is 5.44. The lowest BCUT2D eigenvalue weighted by Gasteiger charge is -2.34. The summed E-state index contributed by atoms with van der Waals surface area (Å²) in [5.41, 5.74) is 3.45. The Kier molecular flexibility index (Phi) is 10.6. The second-order valence-electron chi connectivity index (χ2n) is 10.6. The fraction of sp³-hybridized carbons (Fsp3) is 0.548. The number of methoxy groups -OCH3 is 1. The van der Waals surface area contributed by atoms with Crippen molar-refractivity contribution in [2.45, 2.75) is 52.1 Å². The van der Waals surface area contributed by atoms with Crippen LogP contribution in [-0.2, 0) is 6.54 Å². The summed E-state index contributed by atoms with van der Waals surface area (Å²) in [6.45, 7) is 11.7. The normalized spacial score (nSPS) is 14.6. The highest BCUT2D eigenvalue weighted by atomic mass is 16.5. The molecule has 1 aromatic heterocycles. The molecule has 0 aliphatic carbocycles. The third-order valence-corrected chi connectivity index (χ3v) is 7.80. The molecule has 2 heterocycles. The van der Waals surface area contributed by atoms with Crippen LogP contribution in [0.25, 0.3) is 10.9 Å². The predicted octanol–water partition coefficient (Wildman–Crippen LogP) is 5.31. The Labute approximate surface area is 234 Å². The van der Waals surface area contributed by atoms with Gasteiger partial charge in [-0.3, -0.25) is 4.90 Å². The van der Waals surface area contributed by atoms with E-state index in [4.69, 9.17) is 14.7 Å². The van der Waals surface area contributed by atoms with Gasteiger partial charge in [-0.25, -0.2) is 4.98 Å². The molecule has 2 N–H and O–H groups in total. The number of rotatable bonds is 14. The Hall–Kier alpha value is -3.10. The van der Waals surface area contributed by atoms with Crippen LogP contribution in [0.2, 0.25) is 0 Å². The summed E-state index contributed by atoms with van der Waals surface area (Å²) in [5.74, 6) is 2.61. The molecule has 0 atom stereocenters. The van der Waals surface area contributed by atoms with Gasteiger partial charge in [0.05, 0.1) is 12.6 Å². The van der Waals surface area contributed by atoms with E-state index in [0.29, 0.717) is 12.0 Å². The fourth-order valence-electron chi connectivity index (χ4n) is 5.44. The summed E-state index contributed by atoms with van der Waals surface area (Å²) in [7, 11) is 5.95. The van der Waals surface area contributed by atoms with Crippen LogP contribution in [0.4, 0.5) is 17.5 Å². The van der Waals surface area contributed by atoms with Crippen molar-refractivity contribution in [3.8, 4) is 5.75 Å². The maximum absolute atomic E-state index is 5.70. The van der Waals surface area contributed by atoms with Crippen molar-refractivity contribution < 1.29 is 4.74 Å². The smallest absolute Gasteiger partial charge is 0.225 e. The zero-order valence-electron chi connectivity index (χ0n) is 24.5. The van der Waals surface area contributed by atoms with Gasteiger partial charge in [0, 0.05) is 63.0 Å². The number of anilines is 3. The SMILES string of the molecule is CCN(CC)CCCCNc1nc(NC2CCN(Cc3c(OC)cccc3N(C)C)CC2)c2ccccc2n1. The lowest BCUT2D eigenvalue weighted by molar-refractivity contribution is 0.209. The Morgan fingerprint density at radius 3 is 2.46 bits per heavy atom. The first-order chi connectivity index (χ1) is 19.0. The maximum Gasteiger partial charge on any atom is 0.225 e. The molecule has 212 valence electrons. The van der Waals surface area contributed by atoms with Gasteiger partial charge in [0.2, 0.25) is 5.95 Å². The van der Waals surface area contributed by atoms with E-state index in [0.717, 1.165) is 87.5 Å². The molecule has 3 aromatic rings. The number of hydrogen-bond acceptors (Lipinski definition) is 8. The summed E-state index contributed by atoms with van der Waals surface area (Å²) < 4.78 is 5.70. The molecule has 1 aliphatic heterocycles. The largest absolute Gasteiger partial charge is 0.496 e. The van der Waals surface area contributed by atoms with Gasteiger partial charge < -0.3 is 25.2 Å². The molecule has 1 saturated heterocycles. The Balaban J connectivity index is 1.36. The van der Waals surface area contributed by atoms with Crippen molar-refractivity contribution in [1.82, 2.24) is 19.8 Å². The number of fused-ring (bicyclic) bond motifs is 1. The van der Waals surface area contributed by atoms with Crippen LogP contribution < -0.4 is 20.3 Å². The molecule has 0 unspecified atom stereocenters. The van der Waals surface area contributed by atoms with Crippen LogP contribution in [0.3, 0.4) is 0 Å². The monoisotopic (exact) mass is 533 g/mol. The number of likely N-dealkylation sites (tertiary alicyclic amines) is 1. The number of para-hydroxylation sites is 1. The van der Waals surface area contributed by atoms with E-state index in [1.807, 2.05) is 6.07 Å². The molecule has 0 bridgehead atoms. The van der Waals surface area contributed by atoms with Crippen molar-refractivity contribution in [3.05, 3.63) is 48.0 Å². The highest BCUT2D eigenvalue weighted by molar-refractivity contribution is 5.90. The van der Waals surface area contributed by atoms with Crippen LogP contribution in [-0.4, -0.2) is 86.3 Å². The van der Waals surface area contributed by atoms with E-state index in [1.165, 1.54) is 17.7 Å². The molecule has 2 aromatic carbocycles. The summed E-state index contributed by atoms with van der Waals surface area (Å²) in [4.78, 5) is 16.9. The molecule has 0 saturated carbocycles. The molecular formula is C31H47N7O. The zero-order chi connectivity index (χ0) is 27.6. The highest BCUT2D eigenvalue weighted by Gasteiger charge is 2.23. The first-order valence-corrected chi connectivity index (χ1v) is 14.6. The molecule has 0 spiro atoms. The third-order valence-electron chi connectivity index (χ3n) is 7.80. The van der Waals surface area contributed by atoms with E-state index in [9.17, 15) is 0 Å². The number of ether oxygens (including phenoxy) is 1. The summed E-state index contributed by atoms with van der Waals surface area (Å²) in [6.07, 6.45) is 4.42. The first kappa shape index (κ1) is 28.9. The minimum atomic E-state index is 0.382. The van der Waals surface area contributed by atoms with Crippen LogP contribution in [0.1, 0.15) is 45.1 Å².